The van der Waals surface area contributed by atoms with E-state index in [2.05, 4.69) is 0 Å². The zero-order valence-corrected chi connectivity index (χ0v) is 8.96. The van der Waals surface area contributed by atoms with E-state index in [4.69, 9.17) is 19.2 Å². The van der Waals surface area contributed by atoms with Gasteiger partial charge in [-0.25, -0.2) is 0 Å². The summed E-state index contributed by atoms with van der Waals surface area (Å²) in [6.07, 6.45) is 0. The first-order valence-electron chi connectivity index (χ1n) is 0.816. The molecule has 0 spiro atoms. The van der Waals surface area contributed by atoms with E-state index in [1.807, 2.05) is 0 Å². The van der Waals surface area contributed by atoms with Gasteiger partial charge in [-0.2, -0.15) is 0 Å². The molecule has 0 aromatic heterocycles. The molecule has 0 aliphatic carbocycles. The van der Waals surface area contributed by atoms with Crippen LogP contribution in [0.25, 0.3) is 0 Å². The van der Waals surface area contributed by atoms with Gasteiger partial charge in [-0.15, -0.1) is 0 Å². The van der Waals surface area contributed by atoms with Crippen LogP contribution in [0.5, 0.6) is 0 Å². The van der Waals surface area contributed by atoms with E-state index >= 15 is 0 Å². The van der Waals surface area contributed by atoms with Crippen molar-refractivity contribution in [3.8, 4) is 0 Å². The molecule has 0 saturated carbocycles. The summed E-state index contributed by atoms with van der Waals surface area (Å²) in [6.45, 7) is 0. The molecule has 0 fully saturated rings. The second kappa shape index (κ2) is 10.3. The molecule has 0 rings (SSSR count). The Balaban J connectivity index is -0.0000000267. The van der Waals surface area contributed by atoms with Gasteiger partial charge in [-0.1, -0.05) is 0 Å². The summed E-state index contributed by atoms with van der Waals surface area (Å²) in [5, 5.41) is 0. The van der Waals surface area contributed by atoms with E-state index in [-0.39, 0.29) is 98.5 Å². The van der Waals surface area contributed by atoms with Gasteiger partial charge in [0.1, 0.15) is 0 Å². The Morgan fingerprint density at radius 1 is 0.750 bits per heavy atom. The molecule has 0 amide bonds. The SMILES string of the molecule is [Ca+2].[Ca+2].[MgH2].[O-][Si]([O-])([O-])[O-]. The number of hydrogen-bond acceptors (Lipinski definition) is 4. The van der Waals surface area contributed by atoms with Crippen LogP contribution >= 0.6 is 0 Å². The molecule has 8 heavy (non-hydrogen) atoms. The van der Waals surface area contributed by atoms with Crippen LogP contribution in [0.2, 0.25) is 0 Å². The van der Waals surface area contributed by atoms with Crippen molar-refractivity contribution in [3.05, 3.63) is 0 Å². The Bertz CT molecular complexity index is 29.5. The third-order valence-corrected chi connectivity index (χ3v) is 0. The minimum atomic E-state index is -5.61. The van der Waals surface area contributed by atoms with Gasteiger partial charge in [-0.05, 0) is 0 Å². The average molecular weight is 199 g/mol. The van der Waals surface area contributed by atoms with E-state index in [9.17, 15) is 0 Å². The maximum atomic E-state index is 8.58. The minimum Gasteiger partial charge on any atom is -0.894 e. The van der Waals surface area contributed by atoms with E-state index in [1.54, 1.807) is 0 Å². The standard InChI is InChI=1S/2Ca.Mg.O4Si.2H/c;;;1-5(2,3)4;;/q2*+2;;-4;;. The van der Waals surface area contributed by atoms with E-state index in [0.717, 1.165) is 0 Å². The first-order chi connectivity index (χ1) is 2.00. The molecule has 0 N–H and O–H groups in total. The molecule has 0 saturated heterocycles. The molecule has 0 radical (unpaired) electrons. The molecule has 0 unspecified atom stereocenters. The largest absolute Gasteiger partial charge is 2.00 e. The van der Waals surface area contributed by atoms with Gasteiger partial charge in [0.05, 0.1) is 0 Å². The molecule has 0 aromatic carbocycles. The van der Waals surface area contributed by atoms with Crippen LogP contribution in [0.4, 0.5) is 0 Å². The third-order valence-electron chi connectivity index (χ3n) is 0. The van der Waals surface area contributed by atoms with Crippen molar-refractivity contribution in [2.75, 3.05) is 0 Å². The smallest absolute Gasteiger partial charge is 0.894 e. The monoisotopic (exact) mass is 198 g/mol. The number of rotatable bonds is 0. The summed E-state index contributed by atoms with van der Waals surface area (Å²) in [6, 6.07) is 0. The molecule has 0 heterocycles. The Hall–Kier alpha value is 3.34. The summed E-state index contributed by atoms with van der Waals surface area (Å²) in [5.74, 6) is 0. The second-order valence-electron chi connectivity index (χ2n) is 0.500. The van der Waals surface area contributed by atoms with Crippen molar-refractivity contribution in [3.63, 3.8) is 0 Å². The Morgan fingerprint density at radius 2 is 0.750 bits per heavy atom. The topological polar surface area (TPSA) is 92.2 Å². The molecule has 36 valence electrons. The fourth-order valence-corrected chi connectivity index (χ4v) is 0. The summed E-state index contributed by atoms with van der Waals surface area (Å²) in [5.41, 5.74) is 0. The fourth-order valence-electron chi connectivity index (χ4n) is 0. The van der Waals surface area contributed by atoms with Crippen LogP contribution < -0.4 is 19.2 Å². The normalized spacial score (nSPS) is 7.50. The quantitative estimate of drug-likeness (QED) is 0.362. The third kappa shape index (κ3) is 58.2. The first kappa shape index (κ1) is 22.5. The summed E-state index contributed by atoms with van der Waals surface area (Å²) < 4.78 is 0. The molecule has 4 nitrogen and oxygen atoms in total. The first-order valence-corrected chi connectivity index (χ1v) is 2.45. The molecule has 8 heteroatoms. The predicted octanol–water partition coefficient (Wildman–Crippen LogP) is -6.81. The van der Waals surface area contributed by atoms with Crippen molar-refractivity contribution in [2.45, 2.75) is 0 Å². The van der Waals surface area contributed by atoms with Gasteiger partial charge in [0.2, 0.25) is 0 Å². The van der Waals surface area contributed by atoms with Crippen molar-refractivity contribution < 1.29 is 19.2 Å². The van der Waals surface area contributed by atoms with Crippen molar-refractivity contribution in [1.82, 2.24) is 0 Å². The van der Waals surface area contributed by atoms with Crippen molar-refractivity contribution in [1.29, 1.82) is 0 Å². The Labute approximate surface area is 124 Å². The molecule has 0 bridgehead atoms. The zero-order chi connectivity index (χ0) is 4.50. The minimum absolute atomic E-state index is 0. The molecule has 0 aliphatic rings. The number of hydrogen-bond donors (Lipinski definition) is 0. The summed E-state index contributed by atoms with van der Waals surface area (Å²) in [7, 11) is -5.61. The van der Waals surface area contributed by atoms with Gasteiger partial charge in [0.15, 0.2) is 0 Å². The van der Waals surface area contributed by atoms with Crippen LogP contribution in [0.1, 0.15) is 0 Å². The average Bonchev–Trinajstić information content (AvgIpc) is 0.722. The Kier molecular flexibility index (Phi) is 29.1. The maximum Gasteiger partial charge on any atom is 2.00 e. The van der Waals surface area contributed by atoms with E-state index in [0.29, 0.717) is 0 Å². The summed E-state index contributed by atoms with van der Waals surface area (Å²) in [4.78, 5) is 34.3. The molecular weight excluding hydrogens is 197 g/mol. The van der Waals surface area contributed by atoms with Crippen LogP contribution in [0.3, 0.4) is 0 Å². The fraction of sp³-hybridized carbons (Fsp3) is 0. The zero-order valence-electron chi connectivity index (χ0n) is 3.55. The summed E-state index contributed by atoms with van der Waals surface area (Å²) >= 11 is 0. The van der Waals surface area contributed by atoms with Gasteiger partial charge in [-0.3, -0.25) is 0 Å². The molecular formula is H2Ca2MgO4Si. The van der Waals surface area contributed by atoms with Gasteiger partial charge < -0.3 is 28.2 Å². The van der Waals surface area contributed by atoms with Crippen LogP contribution in [0, 0.1) is 0 Å². The van der Waals surface area contributed by atoms with Crippen molar-refractivity contribution >= 4 is 108 Å². The molecule has 0 atom stereocenters. The van der Waals surface area contributed by atoms with Gasteiger partial charge >= 0.3 is 98.5 Å². The molecule has 0 aliphatic heterocycles. The van der Waals surface area contributed by atoms with Crippen LogP contribution in [-0.4, -0.2) is 108 Å². The van der Waals surface area contributed by atoms with E-state index < -0.39 is 9.05 Å². The Morgan fingerprint density at radius 3 is 0.750 bits per heavy atom. The van der Waals surface area contributed by atoms with Gasteiger partial charge in [0.25, 0.3) is 0 Å². The van der Waals surface area contributed by atoms with Crippen molar-refractivity contribution in [2.24, 2.45) is 0 Å². The van der Waals surface area contributed by atoms with Crippen LogP contribution in [0.15, 0.2) is 0 Å². The predicted molar refractivity (Wildman–Crippen MR) is 25.8 cm³/mol. The van der Waals surface area contributed by atoms with Gasteiger partial charge in [0, 0.05) is 0 Å². The molecule has 0 aromatic rings. The maximum absolute atomic E-state index is 8.58. The van der Waals surface area contributed by atoms with E-state index in [1.165, 1.54) is 0 Å². The second-order valence-corrected chi connectivity index (χ2v) is 1.50. The van der Waals surface area contributed by atoms with Crippen LogP contribution in [-0.2, 0) is 0 Å².